The molecule has 0 spiro atoms. The van der Waals surface area contributed by atoms with Gasteiger partial charge in [0.1, 0.15) is 0 Å². The highest BCUT2D eigenvalue weighted by Crippen LogP contribution is 2.25. The minimum atomic E-state index is -4.58. The van der Waals surface area contributed by atoms with E-state index >= 15 is 0 Å². The third-order valence-electron chi connectivity index (χ3n) is 1.03. The van der Waals surface area contributed by atoms with Gasteiger partial charge in [-0.15, -0.1) is 13.2 Å². The Balaban J connectivity index is 2.24. The van der Waals surface area contributed by atoms with Gasteiger partial charge in [-0.1, -0.05) is 0 Å². The molecule has 0 aromatic carbocycles. The van der Waals surface area contributed by atoms with Crippen LogP contribution in [0.1, 0.15) is 12.8 Å². The molecule has 0 aliphatic carbocycles. The Hall–Kier alpha value is -0.290. The van der Waals surface area contributed by atoms with Crippen LogP contribution in [-0.4, -0.2) is 12.7 Å². The number of hydrogen-bond donors (Lipinski definition) is 0. The summed E-state index contributed by atoms with van der Waals surface area (Å²) in [5, 5.41) is 0. The molecule has 1 radical (unpaired) electrons. The molecule has 1 rings (SSSR count). The fraction of sp³-hybridized carbons (Fsp3) is 0.800. The maximum absolute atomic E-state index is 11.4. The SMILES string of the molecule is FC(F)(F)OC1CC[CH]O1. The van der Waals surface area contributed by atoms with Crippen LogP contribution in [0.5, 0.6) is 0 Å². The van der Waals surface area contributed by atoms with Gasteiger partial charge in [0.25, 0.3) is 0 Å². The summed E-state index contributed by atoms with van der Waals surface area (Å²) in [7, 11) is 0. The fourth-order valence-electron chi connectivity index (χ4n) is 0.683. The van der Waals surface area contributed by atoms with Crippen LogP contribution >= 0.6 is 0 Å². The average Bonchev–Trinajstić information content (AvgIpc) is 2.12. The lowest BCUT2D eigenvalue weighted by atomic mass is 10.4. The Kier molecular flexibility index (Phi) is 2.15. The summed E-state index contributed by atoms with van der Waals surface area (Å²) in [4.78, 5) is 0. The van der Waals surface area contributed by atoms with Crippen LogP contribution < -0.4 is 0 Å². The molecule has 0 aromatic heterocycles. The van der Waals surface area contributed by atoms with Crippen molar-refractivity contribution in [3.8, 4) is 0 Å². The van der Waals surface area contributed by atoms with E-state index in [9.17, 15) is 13.2 Å². The number of hydrogen-bond acceptors (Lipinski definition) is 2. The maximum atomic E-state index is 11.4. The summed E-state index contributed by atoms with van der Waals surface area (Å²) in [6.45, 7) is 1.32. The molecule has 1 saturated heterocycles. The molecule has 0 amide bonds. The minimum Gasteiger partial charge on any atom is -0.346 e. The van der Waals surface area contributed by atoms with Crippen molar-refractivity contribution in [2.75, 3.05) is 0 Å². The molecule has 1 heterocycles. The summed E-state index contributed by atoms with van der Waals surface area (Å²) in [6, 6.07) is 0. The predicted octanol–water partition coefficient (Wildman–Crippen LogP) is 1.82. The largest absolute Gasteiger partial charge is 0.524 e. The zero-order chi connectivity index (χ0) is 7.61. The highest BCUT2D eigenvalue weighted by Gasteiger charge is 2.35. The summed E-state index contributed by atoms with van der Waals surface area (Å²) in [5.74, 6) is 0. The molecule has 1 aliphatic rings. The van der Waals surface area contributed by atoms with Crippen LogP contribution in [-0.2, 0) is 9.47 Å². The van der Waals surface area contributed by atoms with Crippen molar-refractivity contribution in [1.29, 1.82) is 0 Å². The molecule has 1 aliphatic heterocycles. The van der Waals surface area contributed by atoms with Gasteiger partial charge in [0, 0.05) is 6.42 Å². The Labute approximate surface area is 55.9 Å². The lowest BCUT2D eigenvalue weighted by Gasteiger charge is -2.12. The standard InChI is InChI=1S/C5H6F3O2/c6-5(7,8)10-4-2-1-3-9-4/h3-4H,1-2H2. The van der Waals surface area contributed by atoms with Crippen LogP contribution in [0.25, 0.3) is 0 Å². The molecule has 1 fully saturated rings. The molecule has 1 atom stereocenters. The second-order valence-electron chi connectivity index (χ2n) is 1.87. The molecule has 10 heavy (non-hydrogen) atoms. The van der Waals surface area contributed by atoms with E-state index in [1.165, 1.54) is 6.61 Å². The second-order valence-corrected chi connectivity index (χ2v) is 1.87. The molecular formula is C5H6F3O2. The first-order valence-electron chi connectivity index (χ1n) is 2.79. The van der Waals surface area contributed by atoms with E-state index in [1.807, 2.05) is 0 Å². The second kappa shape index (κ2) is 2.75. The predicted molar refractivity (Wildman–Crippen MR) is 25.5 cm³/mol. The normalized spacial score (nSPS) is 27.3. The van der Waals surface area contributed by atoms with Gasteiger partial charge in [-0.3, -0.25) is 4.74 Å². The van der Waals surface area contributed by atoms with E-state index in [1.54, 1.807) is 0 Å². The van der Waals surface area contributed by atoms with E-state index in [2.05, 4.69) is 9.47 Å². The molecule has 1 unspecified atom stereocenters. The van der Waals surface area contributed by atoms with Crippen LogP contribution in [0, 0.1) is 6.61 Å². The summed E-state index contributed by atoms with van der Waals surface area (Å²) < 4.78 is 42.2. The number of ether oxygens (including phenoxy) is 2. The summed E-state index contributed by atoms with van der Waals surface area (Å²) in [5.41, 5.74) is 0. The van der Waals surface area contributed by atoms with Crippen molar-refractivity contribution >= 4 is 0 Å². The lowest BCUT2D eigenvalue weighted by Crippen LogP contribution is -2.22. The highest BCUT2D eigenvalue weighted by atomic mass is 19.4. The van der Waals surface area contributed by atoms with Gasteiger partial charge in [0.2, 0.25) is 0 Å². The quantitative estimate of drug-likeness (QED) is 0.575. The zero-order valence-electron chi connectivity index (χ0n) is 5.02. The molecule has 2 nitrogen and oxygen atoms in total. The van der Waals surface area contributed by atoms with E-state index in [0.29, 0.717) is 6.42 Å². The molecule has 5 heteroatoms. The van der Waals surface area contributed by atoms with Crippen LogP contribution in [0.4, 0.5) is 13.2 Å². The van der Waals surface area contributed by atoms with Crippen molar-refractivity contribution in [1.82, 2.24) is 0 Å². The van der Waals surface area contributed by atoms with Gasteiger partial charge in [0.15, 0.2) is 6.29 Å². The first kappa shape index (κ1) is 7.81. The first-order chi connectivity index (χ1) is 4.58. The van der Waals surface area contributed by atoms with Gasteiger partial charge in [0.05, 0.1) is 6.61 Å². The molecule has 0 bridgehead atoms. The molecule has 59 valence electrons. The number of alkyl halides is 3. The van der Waals surface area contributed by atoms with Crippen molar-refractivity contribution < 1.29 is 22.6 Å². The number of halogens is 3. The van der Waals surface area contributed by atoms with E-state index in [0.717, 1.165) is 0 Å². The van der Waals surface area contributed by atoms with Crippen molar-refractivity contribution in [2.24, 2.45) is 0 Å². The third-order valence-corrected chi connectivity index (χ3v) is 1.03. The van der Waals surface area contributed by atoms with Crippen LogP contribution in [0.15, 0.2) is 0 Å². The lowest BCUT2D eigenvalue weighted by molar-refractivity contribution is -0.369. The molecular weight excluding hydrogens is 149 g/mol. The fourth-order valence-corrected chi connectivity index (χ4v) is 0.683. The Morgan fingerprint density at radius 2 is 2.20 bits per heavy atom. The smallest absolute Gasteiger partial charge is 0.346 e. The van der Waals surface area contributed by atoms with E-state index < -0.39 is 12.7 Å². The van der Waals surface area contributed by atoms with Gasteiger partial charge in [-0.05, 0) is 6.42 Å². The van der Waals surface area contributed by atoms with Gasteiger partial charge >= 0.3 is 6.36 Å². The van der Waals surface area contributed by atoms with E-state index in [4.69, 9.17) is 0 Å². The Morgan fingerprint density at radius 1 is 1.50 bits per heavy atom. The van der Waals surface area contributed by atoms with Crippen molar-refractivity contribution in [3.63, 3.8) is 0 Å². The average molecular weight is 155 g/mol. The van der Waals surface area contributed by atoms with Crippen LogP contribution in [0.2, 0.25) is 0 Å². The van der Waals surface area contributed by atoms with Crippen LogP contribution in [0.3, 0.4) is 0 Å². The van der Waals surface area contributed by atoms with Gasteiger partial charge in [-0.2, -0.15) is 0 Å². The third kappa shape index (κ3) is 2.53. The molecule has 0 N–H and O–H groups in total. The highest BCUT2D eigenvalue weighted by molar-refractivity contribution is 4.64. The van der Waals surface area contributed by atoms with Crippen molar-refractivity contribution in [2.45, 2.75) is 25.5 Å². The Bertz CT molecular complexity index is 106. The summed E-state index contributed by atoms with van der Waals surface area (Å²) >= 11 is 0. The van der Waals surface area contributed by atoms with Gasteiger partial charge < -0.3 is 4.74 Å². The first-order valence-corrected chi connectivity index (χ1v) is 2.79. The Morgan fingerprint density at radius 3 is 2.60 bits per heavy atom. The monoisotopic (exact) mass is 155 g/mol. The van der Waals surface area contributed by atoms with E-state index in [-0.39, 0.29) is 6.42 Å². The van der Waals surface area contributed by atoms with Crippen molar-refractivity contribution in [3.05, 3.63) is 6.61 Å². The maximum Gasteiger partial charge on any atom is 0.524 e. The summed E-state index contributed by atoms with van der Waals surface area (Å²) in [6.07, 6.45) is -4.91. The number of rotatable bonds is 1. The topological polar surface area (TPSA) is 18.5 Å². The molecule has 0 saturated carbocycles. The van der Waals surface area contributed by atoms with Gasteiger partial charge in [-0.25, -0.2) is 0 Å². The molecule has 0 aromatic rings. The zero-order valence-corrected chi connectivity index (χ0v) is 5.02. The minimum absolute atomic E-state index is 0.277.